The Bertz CT molecular complexity index is 801. The maximum atomic E-state index is 12.6. The van der Waals surface area contributed by atoms with E-state index in [1.165, 1.54) is 31.2 Å². The number of carbonyl (C=O) groups excluding carboxylic acids is 1. The molecule has 0 aliphatic heterocycles. The number of aryl methyl sites for hydroxylation is 1. The van der Waals surface area contributed by atoms with Crippen LogP contribution in [0.3, 0.4) is 0 Å². The van der Waals surface area contributed by atoms with E-state index in [0.29, 0.717) is 5.56 Å². The van der Waals surface area contributed by atoms with Gasteiger partial charge in [-0.05, 0) is 43.7 Å². The van der Waals surface area contributed by atoms with Crippen molar-refractivity contribution in [2.45, 2.75) is 32.2 Å². The number of benzene rings is 2. The molecule has 0 aromatic heterocycles. The van der Waals surface area contributed by atoms with Gasteiger partial charge in [-0.1, -0.05) is 29.8 Å². The van der Waals surface area contributed by atoms with Crippen molar-refractivity contribution in [2.24, 2.45) is 0 Å². The first-order valence-electron chi connectivity index (χ1n) is 8.02. The first-order chi connectivity index (χ1) is 12.6. The van der Waals surface area contributed by atoms with Crippen LogP contribution in [0.1, 0.15) is 34.5 Å². The van der Waals surface area contributed by atoms with Gasteiger partial charge in [0.2, 0.25) is 0 Å². The molecule has 2 aromatic carbocycles. The Kier molecular flexibility index (Phi) is 6.09. The molecule has 0 spiro atoms. The summed E-state index contributed by atoms with van der Waals surface area (Å²) in [6.45, 7) is 3.26. The zero-order valence-corrected chi connectivity index (χ0v) is 14.6. The molecule has 8 heteroatoms. The third kappa shape index (κ3) is 5.47. The van der Waals surface area contributed by atoms with Gasteiger partial charge in [-0.25, -0.2) is 4.79 Å². The van der Waals surface area contributed by atoms with Crippen molar-refractivity contribution in [1.29, 1.82) is 0 Å². The van der Waals surface area contributed by atoms with E-state index in [2.05, 4.69) is 0 Å². The largest absolute Gasteiger partial charge is 0.484 e. The molecule has 2 aromatic rings. The number of alkyl halides is 3. The molecular weight excluding hydrogens is 363 g/mol. The molecule has 144 valence electrons. The van der Waals surface area contributed by atoms with Gasteiger partial charge in [0.05, 0.1) is 11.6 Å². The Labute approximate surface area is 153 Å². The fourth-order valence-corrected chi connectivity index (χ4v) is 2.40. The molecule has 0 saturated carbocycles. The van der Waals surface area contributed by atoms with Gasteiger partial charge in [0.25, 0.3) is 0 Å². The number of halogens is 3. The minimum Gasteiger partial charge on any atom is -0.484 e. The first kappa shape index (κ1) is 20.3. The second kappa shape index (κ2) is 8.11. The number of carbonyl (C=O) groups is 2. The smallest absolute Gasteiger partial charge is 0.471 e. The Morgan fingerprint density at radius 2 is 1.59 bits per heavy atom. The highest BCUT2D eigenvalue weighted by atomic mass is 19.4. The van der Waals surface area contributed by atoms with Crippen LogP contribution in [-0.2, 0) is 4.79 Å². The van der Waals surface area contributed by atoms with Crippen molar-refractivity contribution >= 4 is 11.9 Å². The van der Waals surface area contributed by atoms with E-state index in [1.54, 1.807) is 24.3 Å². The maximum absolute atomic E-state index is 12.6. The van der Waals surface area contributed by atoms with Crippen molar-refractivity contribution in [2.75, 3.05) is 0 Å². The third-order valence-electron chi connectivity index (χ3n) is 3.84. The average molecular weight is 381 g/mol. The van der Waals surface area contributed by atoms with Gasteiger partial charge in [0, 0.05) is 0 Å². The molecule has 2 rings (SSSR count). The molecule has 5 nitrogen and oxygen atoms in total. The molecule has 2 unspecified atom stereocenters. The lowest BCUT2D eigenvalue weighted by Crippen LogP contribution is -2.45. The van der Waals surface area contributed by atoms with Gasteiger partial charge in [0.1, 0.15) is 11.9 Å². The van der Waals surface area contributed by atoms with Crippen LogP contribution < -0.4 is 10.1 Å². The highest BCUT2D eigenvalue weighted by Gasteiger charge is 2.40. The Morgan fingerprint density at radius 1 is 1.04 bits per heavy atom. The molecule has 0 aliphatic carbocycles. The number of hydrogen-bond acceptors (Lipinski definition) is 3. The molecule has 0 bridgehead atoms. The van der Waals surface area contributed by atoms with E-state index in [1.807, 2.05) is 12.2 Å². The van der Waals surface area contributed by atoms with Crippen LogP contribution in [-0.4, -0.2) is 29.2 Å². The van der Waals surface area contributed by atoms with Crippen LogP contribution >= 0.6 is 0 Å². The summed E-state index contributed by atoms with van der Waals surface area (Å²) in [5.74, 6) is -2.90. The number of carboxylic acids is 1. The predicted octanol–water partition coefficient (Wildman–Crippen LogP) is 3.88. The summed E-state index contributed by atoms with van der Waals surface area (Å²) >= 11 is 0. The van der Waals surface area contributed by atoms with E-state index in [-0.39, 0.29) is 11.3 Å². The minimum absolute atomic E-state index is 0.0488. The van der Waals surface area contributed by atoms with Crippen LogP contribution in [0, 0.1) is 6.92 Å². The van der Waals surface area contributed by atoms with Crippen LogP contribution in [0.25, 0.3) is 0 Å². The van der Waals surface area contributed by atoms with E-state index < -0.39 is 30.2 Å². The predicted molar refractivity (Wildman–Crippen MR) is 91.6 cm³/mol. The molecular formula is C19H18F3NO4. The van der Waals surface area contributed by atoms with E-state index in [4.69, 9.17) is 9.84 Å². The highest BCUT2D eigenvalue weighted by Crippen LogP contribution is 2.27. The SMILES string of the molecule is Cc1ccc(C(Oc2ccc(C(=O)O)cc2)C(C)NC(=O)C(F)(F)F)cc1. The Hall–Kier alpha value is -3.03. The minimum atomic E-state index is -5.00. The number of aromatic carboxylic acids is 1. The Morgan fingerprint density at radius 3 is 2.07 bits per heavy atom. The molecule has 2 N–H and O–H groups in total. The summed E-state index contributed by atoms with van der Waals surface area (Å²) in [4.78, 5) is 22.2. The molecule has 0 aliphatic rings. The summed E-state index contributed by atoms with van der Waals surface area (Å²) in [6.07, 6.45) is -5.91. The molecule has 2 atom stereocenters. The van der Waals surface area contributed by atoms with Gasteiger partial charge >= 0.3 is 18.1 Å². The number of amides is 1. The molecule has 0 heterocycles. The number of carboxylic acid groups (broad SMARTS) is 1. The second-order valence-corrected chi connectivity index (χ2v) is 6.04. The summed E-state index contributed by atoms with van der Waals surface area (Å²) in [6, 6.07) is 11.4. The Balaban J connectivity index is 2.27. The first-order valence-corrected chi connectivity index (χ1v) is 8.02. The monoisotopic (exact) mass is 381 g/mol. The van der Waals surface area contributed by atoms with Gasteiger partial charge in [-0.15, -0.1) is 0 Å². The van der Waals surface area contributed by atoms with Gasteiger partial charge in [-0.2, -0.15) is 13.2 Å². The average Bonchev–Trinajstić information content (AvgIpc) is 2.60. The number of rotatable bonds is 6. The maximum Gasteiger partial charge on any atom is 0.471 e. The quantitative estimate of drug-likeness (QED) is 0.796. The molecule has 0 radical (unpaired) electrons. The lowest BCUT2D eigenvalue weighted by atomic mass is 10.0. The lowest BCUT2D eigenvalue weighted by Gasteiger charge is -2.27. The summed E-state index contributed by atoms with van der Waals surface area (Å²) in [5, 5.41) is 10.8. The van der Waals surface area contributed by atoms with E-state index in [0.717, 1.165) is 5.56 Å². The fraction of sp³-hybridized carbons (Fsp3) is 0.263. The van der Waals surface area contributed by atoms with Crippen molar-refractivity contribution in [3.05, 3.63) is 65.2 Å². The van der Waals surface area contributed by atoms with Crippen molar-refractivity contribution in [1.82, 2.24) is 5.32 Å². The lowest BCUT2D eigenvalue weighted by molar-refractivity contribution is -0.174. The van der Waals surface area contributed by atoms with Crippen LogP contribution in [0.15, 0.2) is 48.5 Å². The third-order valence-corrected chi connectivity index (χ3v) is 3.84. The van der Waals surface area contributed by atoms with Crippen molar-refractivity contribution < 1.29 is 32.6 Å². The molecule has 0 saturated heterocycles. The normalized spacial score (nSPS) is 13.5. The van der Waals surface area contributed by atoms with Gasteiger partial charge in [0.15, 0.2) is 0 Å². The van der Waals surface area contributed by atoms with Crippen molar-refractivity contribution in [3.8, 4) is 5.75 Å². The standard InChI is InChI=1S/C19H18F3NO4/c1-11-3-5-13(6-4-11)16(12(2)23-18(26)19(20,21)22)27-15-9-7-14(8-10-15)17(24)25/h3-10,12,16H,1-2H3,(H,23,26)(H,24,25). The van der Waals surface area contributed by atoms with Gasteiger partial charge in [-0.3, -0.25) is 4.79 Å². The van der Waals surface area contributed by atoms with Crippen LogP contribution in [0.2, 0.25) is 0 Å². The van der Waals surface area contributed by atoms with E-state index in [9.17, 15) is 22.8 Å². The topological polar surface area (TPSA) is 75.6 Å². The van der Waals surface area contributed by atoms with Crippen LogP contribution in [0.5, 0.6) is 5.75 Å². The zero-order valence-electron chi connectivity index (χ0n) is 14.6. The van der Waals surface area contributed by atoms with E-state index >= 15 is 0 Å². The molecule has 27 heavy (non-hydrogen) atoms. The zero-order chi connectivity index (χ0) is 20.2. The highest BCUT2D eigenvalue weighted by molar-refractivity contribution is 5.87. The summed E-state index contributed by atoms with van der Waals surface area (Å²) in [5.41, 5.74) is 1.57. The second-order valence-electron chi connectivity index (χ2n) is 6.04. The number of hydrogen-bond donors (Lipinski definition) is 2. The number of nitrogens with one attached hydrogen (secondary N) is 1. The molecule has 1 amide bonds. The number of ether oxygens (including phenoxy) is 1. The van der Waals surface area contributed by atoms with Crippen LogP contribution in [0.4, 0.5) is 13.2 Å². The van der Waals surface area contributed by atoms with Crippen molar-refractivity contribution in [3.63, 3.8) is 0 Å². The molecule has 0 fully saturated rings. The summed E-state index contributed by atoms with van der Waals surface area (Å²) in [7, 11) is 0. The summed E-state index contributed by atoms with van der Waals surface area (Å²) < 4.78 is 43.5. The van der Waals surface area contributed by atoms with Gasteiger partial charge < -0.3 is 15.2 Å². The fourth-order valence-electron chi connectivity index (χ4n) is 2.40.